The predicted octanol–water partition coefficient (Wildman–Crippen LogP) is 4.72. The molecule has 1 fully saturated rings. The molecule has 0 radical (unpaired) electrons. The molecule has 1 heterocycles. The van der Waals surface area contributed by atoms with Gasteiger partial charge in [-0.15, -0.1) is 23.5 Å². The molecular weight excluding hydrogens is 570 g/mol. The van der Waals surface area contributed by atoms with Gasteiger partial charge >= 0.3 is 0 Å². The maximum atomic E-state index is 12.0. The van der Waals surface area contributed by atoms with Gasteiger partial charge in [-0.1, -0.05) is 0 Å². The van der Waals surface area contributed by atoms with Gasteiger partial charge in [-0.25, -0.2) is 5.43 Å². The van der Waals surface area contributed by atoms with E-state index in [4.69, 9.17) is 4.74 Å². The fourth-order valence-corrected chi connectivity index (χ4v) is 7.07. The number of amides is 1. The summed E-state index contributed by atoms with van der Waals surface area (Å²) >= 11 is 8.22. The van der Waals surface area contributed by atoms with Gasteiger partial charge in [0.05, 0.1) is 30.0 Å². The first-order chi connectivity index (χ1) is 11.3. The molecule has 0 aromatic heterocycles. The third kappa shape index (κ3) is 6.24. The van der Waals surface area contributed by atoms with Crippen molar-refractivity contribution in [3.8, 4) is 5.75 Å². The van der Waals surface area contributed by atoms with Crippen molar-refractivity contribution >= 4 is 80.8 Å². The zero-order valence-electron chi connectivity index (χ0n) is 13.8. The summed E-state index contributed by atoms with van der Waals surface area (Å²) in [5.41, 5.74) is 3.58. The van der Waals surface area contributed by atoms with Gasteiger partial charge in [0.15, 0.2) is 0 Å². The van der Waals surface area contributed by atoms with Gasteiger partial charge in [-0.3, -0.25) is 4.79 Å². The standard InChI is InChI=1S/C16H20I2N2O2S2/c1-10(2)22-15-12(17)6-11(7-13(15)18)9-19-20-14(21)8-16(3)23-4-5-24-16/h6-7,9-10H,4-5,8H2,1-3H3,(H,20,21)/b19-9-. The monoisotopic (exact) mass is 590 g/mol. The molecule has 1 aromatic carbocycles. The van der Waals surface area contributed by atoms with Crippen molar-refractivity contribution in [2.75, 3.05) is 11.5 Å². The Balaban J connectivity index is 1.95. The smallest absolute Gasteiger partial charge is 0.242 e. The third-order valence-electron chi connectivity index (χ3n) is 3.16. The fraction of sp³-hybridized carbons (Fsp3) is 0.500. The molecular formula is C16H20I2N2O2S2. The quantitative estimate of drug-likeness (QED) is 0.296. The molecule has 1 N–H and O–H groups in total. The van der Waals surface area contributed by atoms with E-state index in [1.165, 1.54) is 0 Å². The molecule has 132 valence electrons. The van der Waals surface area contributed by atoms with Gasteiger partial charge < -0.3 is 4.74 Å². The number of hydrogen-bond donors (Lipinski definition) is 1. The van der Waals surface area contributed by atoms with Gasteiger partial charge in [-0.2, -0.15) is 5.10 Å². The largest absolute Gasteiger partial charge is 0.489 e. The minimum atomic E-state index is -0.0418. The first-order valence-corrected chi connectivity index (χ1v) is 11.7. The lowest BCUT2D eigenvalue weighted by atomic mass is 10.2. The Morgan fingerprint density at radius 1 is 1.38 bits per heavy atom. The molecule has 2 rings (SSSR count). The predicted molar refractivity (Wildman–Crippen MR) is 121 cm³/mol. The van der Waals surface area contributed by atoms with E-state index in [9.17, 15) is 4.79 Å². The van der Waals surface area contributed by atoms with E-state index in [2.05, 4.69) is 62.6 Å². The minimum absolute atomic E-state index is 0.0137. The van der Waals surface area contributed by atoms with Crippen molar-refractivity contribution < 1.29 is 9.53 Å². The lowest BCUT2D eigenvalue weighted by Crippen LogP contribution is -2.26. The highest BCUT2D eigenvalue weighted by Gasteiger charge is 2.32. The molecule has 0 unspecified atom stereocenters. The number of nitrogens with one attached hydrogen (secondary N) is 1. The lowest BCUT2D eigenvalue weighted by molar-refractivity contribution is -0.121. The van der Waals surface area contributed by atoms with Gasteiger partial charge in [0, 0.05) is 11.5 Å². The number of thioether (sulfide) groups is 2. The molecule has 0 aliphatic carbocycles. The number of carbonyl (C=O) groups is 1. The van der Waals surface area contributed by atoms with Gasteiger partial charge in [0.2, 0.25) is 5.91 Å². The molecule has 0 atom stereocenters. The van der Waals surface area contributed by atoms with E-state index in [1.807, 2.05) is 49.5 Å². The van der Waals surface area contributed by atoms with Crippen LogP contribution in [0.15, 0.2) is 17.2 Å². The SMILES string of the molecule is CC(C)Oc1c(I)cc(/C=N\NC(=O)CC2(C)SCCS2)cc1I. The highest BCUT2D eigenvalue weighted by molar-refractivity contribution is 14.1. The van der Waals surface area contributed by atoms with Crippen LogP contribution in [0.2, 0.25) is 0 Å². The Hall–Kier alpha value is 0.320. The molecule has 0 bridgehead atoms. The number of carbonyl (C=O) groups excluding carboxylic acids is 1. The Morgan fingerprint density at radius 2 is 1.96 bits per heavy atom. The fourth-order valence-electron chi connectivity index (χ4n) is 2.17. The molecule has 8 heteroatoms. The van der Waals surface area contributed by atoms with Crippen molar-refractivity contribution in [2.45, 2.75) is 37.4 Å². The van der Waals surface area contributed by atoms with Crippen molar-refractivity contribution in [2.24, 2.45) is 5.10 Å². The molecule has 1 aliphatic rings. The van der Waals surface area contributed by atoms with E-state index in [0.717, 1.165) is 30.0 Å². The van der Waals surface area contributed by atoms with Gasteiger partial charge in [0.1, 0.15) is 5.75 Å². The highest BCUT2D eigenvalue weighted by Crippen LogP contribution is 2.45. The molecule has 4 nitrogen and oxygen atoms in total. The van der Waals surface area contributed by atoms with Crippen LogP contribution in [0.4, 0.5) is 0 Å². The summed E-state index contributed by atoms with van der Waals surface area (Å²) in [6, 6.07) is 4.00. The summed E-state index contributed by atoms with van der Waals surface area (Å²) in [4.78, 5) is 12.0. The highest BCUT2D eigenvalue weighted by atomic mass is 127. The Morgan fingerprint density at radius 3 is 2.50 bits per heavy atom. The van der Waals surface area contributed by atoms with Crippen molar-refractivity contribution in [1.82, 2.24) is 5.43 Å². The van der Waals surface area contributed by atoms with E-state index in [1.54, 1.807) is 6.21 Å². The van der Waals surface area contributed by atoms with Crippen LogP contribution in [0.5, 0.6) is 5.75 Å². The Labute approximate surface area is 179 Å². The van der Waals surface area contributed by atoms with Crippen LogP contribution in [-0.4, -0.2) is 33.8 Å². The first kappa shape index (κ1) is 20.6. The number of ether oxygens (including phenoxy) is 1. The number of hydrazone groups is 1. The minimum Gasteiger partial charge on any atom is -0.489 e. The molecule has 1 aliphatic heterocycles. The number of halogens is 2. The molecule has 0 spiro atoms. The van der Waals surface area contributed by atoms with Crippen LogP contribution in [-0.2, 0) is 4.79 Å². The van der Waals surface area contributed by atoms with Crippen LogP contribution in [0, 0.1) is 7.14 Å². The normalized spacial score (nSPS) is 16.8. The summed E-state index contributed by atoms with van der Waals surface area (Å²) in [5, 5.41) is 4.10. The Kier molecular flexibility index (Phi) is 8.00. The summed E-state index contributed by atoms with van der Waals surface area (Å²) < 4.78 is 7.88. The van der Waals surface area contributed by atoms with Crippen LogP contribution in [0.3, 0.4) is 0 Å². The zero-order valence-corrected chi connectivity index (χ0v) is 19.7. The van der Waals surface area contributed by atoms with Crippen LogP contribution in [0.1, 0.15) is 32.8 Å². The summed E-state index contributed by atoms with van der Waals surface area (Å²) in [7, 11) is 0. The van der Waals surface area contributed by atoms with Gasteiger partial charge in [-0.05, 0) is 83.6 Å². The van der Waals surface area contributed by atoms with Crippen molar-refractivity contribution in [3.63, 3.8) is 0 Å². The van der Waals surface area contributed by atoms with Gasteiger partial charge in [0.25, 0.3) is 0 Å². The van der Waals surface area contributed by atoms with Crippen LogP contribution in [0.25, 0.3) is 0 Å². The molecule has 1 saturated heterocycles. The van der Waals surface area contributed by atoms with E-state index in [0.29, 0.717) is 6.42 Å². The summed E-state index contributed by atoms with van der Waals surface area (Å²) in [5.74, 6) is 3.08. The maximum absolute atomic E-state index is 12.0. The zero-order chi connectivity index (χ0) is 17.7. The number of rotatable bonds is 6. The first-order valence-electron chi connectivity index (χ1n) is 7.54. The van der Waals surface area contributed by atoms with Crippen molar-refractivity contribution in [3.05, 3.63) is 24.8 Å². The second kappa shape index (κ2) is 9.31. The maximum Gasteiger partial charge on any atom is 0.242 e. The number of nitrogens with zero attached hydrogens (tertiary/aromatic N) is 1. The molecule has 1 amide bonds. The van der Waals surface area contributed by atoms with Crippen molar-refractivity contribution in [1.29, 1.82) is 0 Å². The Bertz CT molecular complexity index is 609. The topological polar surface area (TPSA) is 50.7 Å². The third-order valence-corrected chi connectivity index (χ3v) is 8.05. The molecule has 1 aromatic rings. The van der Waals surface area contributed by atoms with Crippen LogP contribution >= 0.6 is 68.7 Å². The van der Waals surface area contributed by atoms with E-state index in [-0.39, 0.29) is 16.1 Å². The van der Waals surface area contributed by atoms with E-state index < -0.39 is 0 Å². The second-order valence-corrected chi connectivity index (χ2v) is 11.6. The number of hydrogen-bond acceptors (Lipinski definition) is 5. The number of benzene rings is 1. The summed E-state index contributed by atoms with van der Waals surface area (Å²) in [6.45, 7) is 6.15. The van der Waals surface area contributed by atoms with Crippen LogP contribution < -0.4 is 10.2 Å². The average Bonchev–Trinajstić information content (AvgIpc) is 2.89. The summed E-state index contributed by atoms with van der Waals surface area (Å²) in [6.07, 6.45) is 2.30. The second-order valence-electron chi connectivity index (χ2n) is 5.78. The molecule has 0 saturated carbocycles. The lowest BCUT2D eigenvalue weighted by Gasteiger charge is -2.19. The molecule has 24 heavy (non-hydrogen) atoms. The van der Waals surface area contributed by atoms with E-state index >= 15 is 0 Å². The average molecular weight is 590 g/mol.